The summed E-state index contributed by atoms with van der Waals surface area (Å²) >= 11 is 0. The molecule has 3 rings (SSSR count). The summed E-state index contributed by atoms with van der Waals surface area (Å²) in [5, 5.41) is 1.48. The maximum absolute atomic E-state index is 2.58. The van der Waals surface area contributed by atoms with Gasteiger partial charge in [0.2, 0.25) is 0 Å². The molecule has 0 aliphatic carbocycles. The Kier molecular flexibility index (Phi) is 2.90. The topological polar surface area (TPSA) is 8.17 Å². The summed E-state index contributed by atoms with van der Waals surface area (Å²) in [6.45, 7) is 7.95. The van der Waals surface area contributed by atoms with E-state index in [-0.39, 0.29) is 0 Å². The molecule has 18 heavy (non-hydrogen) atoms. The number of aryl methyl sites for hydroxylation is 2. The van der Waals surface area contributed by atoms with Crippen molar-refractivity contribution < 1.29 is 0 Å². The number of likely N-dealkylation sites (N-methyl/N-ethyl adjacent to an activating group) is 1. The zero-order valence-electron chi connectivity index (χ0n) is 11.7. The zero-order chi connectivity index (χ0) is 12.7. The number of aromatic nitrogens is 1. The Labute approximate surface area is 109 Å². The minimum absolute atomic E-state index is 1.10. The standard InChI is InChI=1S/C16H22N2/c1-4-9-18-15-8-10-17(3)11-14(15)13-7-5-6-12(2)16(13)18/h5-7H,4,8-11H2,1-3H3. The third-order valence-corrected chi connectivity index (χ3v) is 4.11. The first-order valence-electron chi connectivity index (χ1n) is 7.00. The highest BCUT2D eigenvalue weighted by atomic mass is 15.1. The predicted octanol–water partition coefficient (Wildman–Crippen LogP) is 3.35. The van der Waals surface area contributed by atoms with Crippen LogP contribution in [0.25, 0.3) is 10.9 Å². The Morgan fingerprint density at radius 3 is 2.89 bits per heavy atom. The summed E-state index contributed by atoms with van der Waals surface area (Å²) in [5.74, 6) is 0. The van der Waals surface area contributed by atoms with Crippen molar-refractivity contribution in [3.8, 4) is 0 Å². The van der Waals surface area contributed by atoms with Crippen LogP contribution in [0.3, 0.4) is 0 Å². The number of benzene rings is 1. The van der Waals surface area contributed by atoms with Crippen molar-refractivity contribution in [1.29, 1.82) is 0 Å². The van der Waals surface area contributed by atoms with Gasteiger partial charge >= 0.3 is 0 Å². The second-order valence-corrected chi connectivity index (χ2v) is 5.54. The van der Waals surface area contributed by atoms with E-state index in [0.717, 1.165) is 13.1 Å². The van der Waals surface area contributed by atoms with Gasteiger partial charge in [0.05, 0.1) is 5.52 Å². The fourth-order valence-corrected chi connectivity index (χ4v) is 3.29. The number of nitrogens with zero attached hydrogens (tertiary/aromatic N) is 2. The van der Waals surface area contributed by atoms with Gasteiger partial charge in [-0.3, -0.25) is 0 Å². The van der Waals surface area contributed by atoms with Crippen LogP contribution in [-0.4, -0.2) is 23.1 Å². The Morgan fingerprint density at radius 2 is 2.11 bits per heavy atom. The second-order valence-electron chi connectivity index (χ2n) is 5.54. The first kappa shape index (κ1) is 11.8. The lowest BCUT2D eigenvalue weighted by Gasteiger charge is -2.24. The second kappa shape index (κ2) is 4.43. The molecule has 0 saturated carbocycles. The van der Waals surface area contributed by atoms with E-state index >= 15 is 0 Å². The Morgan fingerprint density at radius 1 is 1.28 bits per heavy atom. The highest BCUT2D eigenvalue weighted by Gasteiger charge is 2.22. The fraction of sp³-hybridized carbons (Fsp3) is 0.500. The molecule has 0 spiro atoms. The fourth-order valence-electron chi connectivity index (χ4n) is 3.29. The molecule has 0 bridgehead atoms. The van der Waals surface area contributed by atoms with Crippen molar-refractivity contribution in [2.75, 3.05) is 13.6 Å². The van der Waals surface area contributed by atoms with Gasteiger partial charge in [0, 0.05) is 37.1 Å². The van der Waals surface area contributed by atoms with Gasteiger partial charge in [0.25, 0.3) is 0 Å². The lowest BCUT2D eigenvalue weighted by atomic mass is 10.0. The van der Waals surface area contributed by atoms with Gasteiger partial charge in [-0.2, -0.15) is 0 Å². The van der Waals surface area contributed by atoms with E-state index in [1.807, 2.05) is 0 Å². The number of hydrogen-bond acceptors (Lipinski definition) is 1. The molecule has 1 aromatic heterocycles. The third-order valence-electron chi connectivity index (χ3n) is 4.11. The summed E-state index contributed by atoms with van der Waals surface area (Å²) in [6.07, 6.45) is 2.40. The first-order chi connectivity index (χ1) is 8.72. The van der Waals surface area contributed by atoms with Crippen LogP contribution >= 0.6 is 0 Å². The molecule has 0 amide bonds. The highest BCUT2D eigenvalue weighted by Crippen LogP contribution is 2.32. The van der Waals surface area contributed by atoms with E-state index in [9.17, 15) is 0 Å². The smallest absolute Gasteiger partial charge is 0.0515 e. The molecule has 2 nitrogen and oxygen atoms in total. The van der Waals surface area contributed by atoms with Gasteiger partial charge in [-0.15, -0.1) is 0 Å². The van der Waals surface area contributed by atoms with Crippen LogP contribution in [0, 0.1) is 6.92 Å². The average molecular weight is 242 g/mol. The normalized spacial score (nSPS) is 16.2. The quantitative estimate of drug-likeness (QED) is 0.784. The van der Waals surface area contributed by atoms with Gasteiger partial charge in [-0.25, -0.2) is 0 Å². The van der Waals surface area contributed by atoms with Crippen LogP contribution in [0.15, 0.2) is 18.2 Å². The van der Waals surface area contributed by atoms with E-state index in [1.165, 1.54) is 35.9 Å². The molecule has 0 unspecified atom stereocenters. The van der Waals surface area contributed by atoms with Crippen molar-refractivity contribution in [2.24, 2.45) is 0 Å². The molecule has 0 radical (unpaired) electrons. The molecule has 0 fully saturated rings. The Balaban J connectivity index is 2.30. The van der Waals surface area contributed by atoms with E-state index in [2.05, 4.69) is 48.6 Å². The Hall–Kier alpha value is -1.28. The minimum Gasteiger partial charge on any atom is -0.344 e. The van der Waals surface area contributed by atoms with Crippen molar-refractivity contribution in [3.05, 3.63) is 35.0 Å². The van der Waals surface area contributed by atoms with Gasteiger partial charge < -0.3 is 9.47 Å². The Bertz CT molecular complexity index is 580. The maximum atomic E-state index is 2.58. The molecule has 1 aromatic carbocycles. The molecule has 2 aromatic rings. The number of rotatable bonds is 2. The van der Waals surface area contributed by atoms with E-state index in [4.69, 9.17) is 0 Å². The van der Waals surface area contributed by atoms with Crippen LogP contribution < -0.4 is 0 Å². The first-order valence-corrected chi connectivity index (χ1v) is 7.00. The van der Waals surface area contributed by atoms with Gasteiger partial charge in [0.15, 0.2) is 0 Å². The largest absolute Gasteiger partial charge is 0.344 e. The molecular formula is C16H22N2. The zero-order valence-corrected chi connectivity index (χ0v) is 11.7. The maximum Gasteiger partial charge on any atom is 0.0515 e. The summed E-state index contributed by atoms with van der Waals surface area (Å²) < 4.78 is 2.58. The molecule has 0 saturated heterocycles. The molecule has 2 heterocycles. The van der Waals surface area contributed by atoms with E-state index in [0.29, 0.717) is 0 Å². The van der Waals surface area contributed by atoms with Crippen molar-refractivity contribution in [3.63, 3.8) is 0 Å². The summed E-state index contributed by atoms with van der Waals surface area (Å²) in [7, 11) is 2.22. The van der Waals surface area contributed by atoms with Crippen molar-refractivity contribution >= 4 is 10.9 Å². The lowest BCUT2D eigenvalue weighted by Crippen LogP contribution is -2.27. The molecule has 2 heteroatoms. The summed E-state index contributed by atoms with van der Waals surface area (Å²) in [4.78, 5) is 2.43. The number of hydrogen-bond donors (Lipinski definition) is 0. The van der Waals surface area contributed by atoms with Crippen molar-refractivity contribution in [2.45, 2.75) is 39.8 Å². The monoisotopic (exact) mass is 242 g/mol. The molecule has 0 N–H and O–H groups in total. The average Bonchev–Trinajstić information content (AvgIpc) is 2.66. The van der Waals surface area contributed by atoms with Crippen LogP contribution in [0.5, 0.6) is 0 Å². The molecular weight excluding hydrogens is 220 g/mol. The predicted molar refractivity (Wildman–Crippen MR) is 77.0 cm³/mol. The molecule has 96 valence electrons. The molecule has 1 aliphatic rings. The van der Waals surface area contributed by atoms with E-state index in [1.54, 1.807) is 11.3 Å². The number of para-hydroxylation sites is 1. The SMILES string of the molecule is CCCn1c2c(c3cccc(C)c31)CN(C)CC2. The van der Waals surface area contributed by atoms with Crippen LogP contribution in [0.2, 0.25) is 0 Å². The molecule has 1 aliphatic heterocycles. The third kappa shape index (κ3) is 1.67. The van der Waals surface area contributed by atoms with E-state index < -0.39 is 0 Å². The van der Waals surface area contributed by atoms with Crippen molar-refractivity contribution in [1.82, 2.24) is 9.47 Å². The summed E-state index contributed by atoms with van der Waals surface area (Å²) in [5.41, 5.74) is 6.04. The highest BCUT2D eigenvalue weighted by molar-refractivity contribution is 5.88. The van der Waals surface area contributed by atoms with Gasteiger partial charge in [-0.05, 0) is 31.5 Å². The molecule has 0 atom stereocenters. The number of fused-ring (bicyclic) bond motifs is 3. The summed E-state index contributed by atoms with van der Waals surface area (Å²) in [6, 6.07) is 6.74. The van der Waals surface area contributed by atoms with Crippen LogP contribution in [0.4, 0.5) is 0 Å². The lowest BCUT2D eigenvalue weighted by molar-refractivity contribution is 0.309. The van der Waals surface area contributed by atoms with Gasteiger partial charge in [-0.1, -0.05) is 25.1 Å². The van der Waals surface area contributed by atoms with Crippen LogP contribution in [-0.2, 0) is 19.5 Å². The minimum atomic E-state index is 1.10. The van der Waals surface area contributed by atoms with Gasteiger partial charge in [0.1, 0.15) is 0 Å². The van der Waals surface area contributed by atoms with Crippen LogP contribution in [0.1, 0.15) is 30.2 Å².